The molecule has 1 aliphatic carbocycles. The molecule has 1 aromatic rings. The Balaban J connectivity index is 1.75. The predicted molar refractivity (Wildman–Crippen MR) is 83.5 cm³/mol. The van der Waals surface area contributed by atoms with Crippen molar-refractivity contribution in [3.8, 4) is 0 Å². The van der Waals surface area contributed by atoms with Gasteiger partial charge in [-0.05, 0) is 42.2 Å². The first-order valence-corrected chi connectivity index (χ1v) is 8.20. The number of carboxylic acids is 1. The number of carboxylic acid groups (broad SMARTS) is 1. The van der Waals surface area contributed by atoms with Crippen LogP contribution < -0.4 is 0 Å². The minimum absolute atomic E-state index is 0.0462. The maximum atomic E-state index is 12.6. The fourth-order valence-corrected chi connectivity index (χ4v) is 4.11. The van der Waals surface area contributed by atoms with Gasteiger partial charge in [-0.3, -0.25) is 4.79 Å². The Morgan fingerprint density at radius 3 is 2.77 bits per heavy atom. The van der Waals surface area contributed by atoms with Crippen molar-refractivity contribution in [2.24, 2.45) is 11.8 Å². The highest BCUT2D eigenvalue weighted by atomic mass is 16.4. The summed E-state index contributed by atoms with van der Waals surface area (Å²) in [5.74, 6) is -0.351. The maximum Gasteiger partial charge on any atom is 0.326 e. The first-order chi connectivity index (χ1) is 10.6. The van der Waals surface area contributed by atoms with Crippen LogP contribution in [0.3, 0.4) is 0 Å². The van der Waals surface area contributed by atoms with E-state index in [1.807, 2.05) is 24.3 Å². The van der Waals surface area contributed by atoms with Crippen LogP contribution in [0.15, 0.2) is 24.3 Å². The number of fused-ring (bicyclic) bond motifs is 1. The summed E-state index contributed by atoms with van der Waals surface area (Å²) >= 11 is 0. The lowest BCUT2D eigenvalue weighted by molar-refractivity contribution is -0.149. The summed E-state index contributed by atoms with van der Waals surface area (Å²) in [5, 5.41) is 9.53. The van der Waals surface area contributed by atoms with E-state index in [1.165, 1.54) is 5.56 Å². The molecule has 1 N–H and O–H groups in total. The van der Waals surface area contributed by atoms with Gasteiger partial charge in [-0.1, -0.05) is 37.6 Å². The monoisotopic (exact) mass is 301 g/mol. The maximum absolute atomic E-state index is 12.6. The van der Waals surface area contributed by atoms with E-state index < -0.39 is 12.0 Å². The Labute approximate surface area is 131 Å². The van der Waals surface area contributed by atoms with Crippen LogP contribution >= 0.6 is 0 Å². The van der Waals surface area contributed by atoms with Gasteiger partial charge in [-0.15, -0.1) is 0 Å². The summed E-state index contributed by atoms with van der Waals surface area (Å²) in [5.41, 5.74) is 2.18. The third kappa shape index (κ3) is 2.74. The van der Waals surface area contributed by atoms with Crippen molar-refractivity contribution in [1.82, 2.24) is 4.90 Å². The molecule has 1 heterocycles. The molecule has 2 aliphatic rings. The van der Waals surface area contributed by atoms with Gasteiger partial charge in [-0.25, -0.2) is 4.79 Å². The Hall–Kier alpha value is -1.84. The van der Waals surface area contributed by atoms with Gasteiger partial charge in [-0.2, -0.15) is 0 Å². The van der Waals surface area contributed by atoms with Crippen LogP contribution in [-0.4, -0.2) is 34.5 Å². The van der Waals surface area contributed by atoms with Crippen LogP contribution in [0.2, 0.25) is 0 Å². The van der Waals surface area contributed by atoms with E-state index in [4.69, 9.17) is 0 Å². The van der Waals surface area contributed by atoms with Gasteiger partial charge < -0.3 is 10.0 Å². The number of hydrogen-bond donors (Lipinski definition) is 1. The number of carbonyl (C=O) groups excluding carboxylic acids is 1. The molecule has 118 valence electrons. The molecular weight excluding hydrogens is 278 g/mol. The van der Waals surface area contributed by atoms with E-state index in [9.17, 15) is 14.7 Å². The van der Waals surface area contributed by atoms with Gasteiger partial charge >= 0.3 is 5.97 Å². The van der Waals surface area contributed by atoms with Crippen molar-refractivity contribution >= 4 is 11.9 Å². The highest BCUT2D eigenvalue weighted by Crippen LogP contribution is 2.42. The number of aliphatic carboxylic acids is 1. The van der Waals surface area contributed by atoms with Crippen molar-refractivity contribution in [3.63, 3.8) is 0 Å². The van der Waals surface area contributed by atoms with Gasteiger partial charge in [0, 0.05) is 6.54 Å². The number of aryl methyl sites for hydroxylation is 1. The number of nitrogens with zero attached hydrogens (tertiary/aromatic N) is 1. The Morgan fingerprint density at radius 1 is 1.27 bits per heavy atom. The van der Waals surface area contributed by atoms with Crippen LogP contribution in [-0.2, 0) is 22.4 Å². The number of likely N-dealkylation sites (tertiary alicyclic amines) is 1. The fourth-order valence-electron chi connectivity index (χ4n) is 4.11. The average Bonchev–Trinajstić information content (AvgIpc) is 3.07. The molecule has 0 bridgehead atoms. The van der Waals surface area contributed by atoms with Crippen molar-refractivity contribution in [2.45, 2.75) is 45.1 Å². The molecule has 1 amide bonds. The molecule has 0 radical (unpaired) electrons. The number of amides is 1. The number of hydrogen-bond acceptors (Lipinski definition) is 2. The molecule has 3 atom stereocenters. The standard InChI is InChI=1S/C18H23NO3/c1-2-12-5-3-6-13(9-12)10-16(20)19-11-14-7-4-8-15(14)17(19)18(21)22/h3,5-6,9,14-15,17H,2,4,7-8,10-11H2,1H3,(H,21,22). The second-order valence-electron chi connectivity index (χ2n) is 6.53. The smallest absolute Gasteiger partial charge is 0.326 e. The SMILES string of the molecule is CCc1cccc(CC(=O)N2CC3CCCC3C2C(=O)O)c1. The van der Waals surface area contributed by atoms with Gasteiger partial charge in [0.1, 0.15) is 6.04 Å². The van der Waals surface area contributed by atoms with E-state index >= 15 is 0 Å². The zero-order valence-electron chi connectivity index (χ0n) is 13.0. The highest BCUT2D eigenvalue weighted by molar-refractivity contribution is 5.86. The number of benzene rings is 1. The lowest BCUT2D eigenvalue weighted by Gasteiger charge is -2.24. The highest BCUT2D eigenvalue weighted by Gasteiger charge is 2.49. The topological polar surface area (TPSA) is 57.6 Å². The molecule has 3 rings (SSSR count). The summed E-state index contributed by atoms with van der Waals surface area (Å²) < 4.78 is 0. The molecular formula is C18H23NO3. The molecule has 4 nitrogen and oxygen atoms in total. The van der Waals surface area contributed by atoms with Crippen molar-refractivity contribution in [1.29, 1.82) is 0 Å². The molecule has 1 aliphatic heterocycles. The van der Waals surface area contributed by atoms with Gasteiger partial charge in [0.15, 0.2) is 0 Å². The van der Waals surface area contributed by atoms with Crippen molar-refractivity contribution in [2.75, 3.05) is 6.54 Å². The molecule has 2 fully saturated rings. The lowest BCUT2D eigenvalue weighted by atomic mass is 9.94. The summed E-state index contributed by atoms with van der Waals surface area (Å²) in [4.78, 5) is 25.9. The second-order valence-corrected chi connectivity index (χ2v) is 6.53. The quantitative estimate of drug-likeness (QED) is 0.929. The van der Waals surface area contributed by atoms with E-state index in [-0.39, 0.29) is 11.8 Å². The Bertz CT molecular complexity index is 583. The fraction of sp³-hybridized carbons (Fsp3) is 0.556. The van der Waals surface area contributed by atoms with Crippen LogP contribution in [0, 0.1) is 11.8 Å². The molecule has 3 unspecified atom stereocenters. The zero-order valence-corrected chi connectivity index (χ0v) is 13.0. The summed E-state index contributed by atoms with van der Waals surface area (Å²) in [6.45, 7) is 2.71. The molecule has 22 heavy (non-hydrogen) atoms. The minimum atomic E-state index is -0.843. The third-order valence-corrected chi connectivity index (χ3v) is 5.22. The Morgan fingerprint density at radius 2 is 2.05 bits per heavy atom. The lowest BCUT2D eigenvalue weighted by Crippen LogP contribution is -2.43. The largest absolute Gasteiger partial charge is 0.480 e. The van der Waals surface area contributed by atoms with E-state index in [0.29, 0.717) is 18.9 Å². The summed E-state index contributed by atoms with van der Waals surface area (Å²) in [6, 6.07) is 7.40. The molecule has 0 spiro atoms. The summed E-state index contributed by atoms with van der Waals surface area (Å²) in [7, 11) is 0. The third-order valence-electron chi connectivity index (χ3n) is 5.22. The second kappa shape index (κ2) is 6.11. The molecule has 1 saturated heterocycles. The minimum Gasteiger partial charge on any atom is -0.480 e. The van der Waals surface area contributed by atoms with Crippen LogP contribution in [0.1, 0.15) is 37.3 Å². The summed E-state index contributed by atoms with van der Waals surface area (Å²) in [6.07, 6.45) is 4.34. The van der Waals surface area contributed by atoms with Gasteiger partial charge in [0.25, 0.3) is 0 Å². The van der Waals surface area contributed by atoms with Crippen LogP contribution in [0.25, 0.3) is 0 Å². The number of carbonyl (C=O) groups is 2. The predicted octanol–water partition coefficient (Wildman–Crippen LogP) is 2.50. The number of rotatable bonds is 4. The first-order valence-electron chi connectivity index (χ1n) is 8.20. The average molecular weight is 301 g/mol. The van der Waals surface area contributed by atoms with Crippen molar-refractivity contribution in [3.05, 3.63) is 35.4 Å². The molecule has 1 saturated carbocycles. The molecule has 4 heteroatoms. The molecule has 0 aromatic heterocycles. The Kier molecular flexibility index (Phi) is 4.19. The van der Waals surface area contributed by atoms with Gasteiger partial charge in [0.05, 0.1) is 6.42 Å². The van der Waals surface area contributed by atoms with Crippen LogP contribution in [0.4, 0.5) is 0 Å². The van der Waals surface area contributed by atoms with Gasteiger partial charge in [0.2, 0.25) is 5.91 Å². The zero-order chi connectivity index (χ0) is 15.7. The normalized spacial score (nSPS) is 27.0. The van der Waals surface area contributed by atoms with E-state index in [1.54, 1.807) is 4.90 Å². The van der Waals surface area contributed by atoms with Crippen molar-refractivity contribution < 1.29 is 14.7 Å². The molecule has 1 aromatic carbocycles. The first kappa shape index (κ1) is 15.1. The van der Waals surface area contributed by atoms with Crippen LogP contribution in [0.5, 0.6) is 0 Å². The van der Waals surface area contributed by atoms with E-state index in [0.717, 1.165) is 31.2 Å². The van der Waals surface area contributed by atoms with E-state index in [2.05, 4.69) is 6.92 Å².